The SMILES string of the molecule is Cc1ccc(Nc2n[nH]c(Sc3ccco3)n2)cc1. The fourth-order valence-electron chi connectivity index (χ4n) is 1.53. The third-order valence-electron chi connectivity index (χ3n) is 2.46. The molecule has 0 radical (unpaired) electrons. The second-order valence-corrected chi connectivity index (χ2v) is 4.98. The lowest BCUT2D eigenvalue weighted by atomic mass is 10.2. The van der Waals surface area contributed by atoms with E-state index in [1.54, 1.807) is 6.26 Å². The van der Waals surface area contributed by atoms with Crippen LogP contribution in [0, 0.1) is 6.92 Å². The number of aryl methyl sites for hydroxylation is 1. The van der Waals surface area contributed by atoms with Crippen LogP contribution in [0.15, 0.2) is 57.3 Å². The van der Waals surface area contributed by atoms with E-state index < -0.39 is 0 Å². The molecule has 5 nitrogen and oxygen atoms in total. The van der Waals surface area contributed by atoms with Gasteiger partial charge < -0.3 is 9.73 Å². The Bertz CT molecular complexity index is 646. The monoisotopic (exact) mass is 272 g/mol. The molecule has 0 aliphatic carbocycles. The first-order chi connectivity index (χ1) is 9.29. The molecule has 96 valence electrons. The number of nitrogens with zero attached hydrogens (tertiary/aromatic N) is 2. The molecule has 3 rings (SSSR count). The molecule has 0 aliphatic rings. The summed E-state index contributed by atoms with van der Waals surface area (Å²) >= 11 is 1.39. The second-order valence-electron chi connectivity index (χ2n) is 3.99. The molecule has 0 saturated heterocycles. The Morgan fingerprint density at radius 3 is 2.79 bits per heavy atom. The van der Waals surface area contributed by atoms with E-state index in [4.69, 9.17) is 4.42 Å². The van der Waals surface area contributed by atoms with Gasteiger partial charge in [0.25, 0.3) is 0 Å². The molecular formula is C13H12N4OS. The van der Waals surface area contributed by atoms with E-state index in [0.717, 1.165) is 10.8 Å². The first kappa shape index (κ1) is 11.9. The lowest BCUT2D eigenvalue weighted by molar-refractivity contribution is 0.474. The zero-order valence-electron chi connectivity index (χ0n) is 10.3. The Labute approximate surface area is 114 Å². The fraction of sp³-hybridized carbons (Fsp3) is 0.0769. The van der Waals surface area contributed by atoms with Crippen LogP contribution in [0.3, 0.4) is 0 Å². The zero-order chi connectivity index (χ0) is 13.1. The van der Waals surface area contributed by atoms with Crippen molar-refractivity contribution in [2.45, 2.75) is 17.2 Å². The van der Waals surface area contributed by atoms with Crippen molar-refractivity contribution in [1.82, 2.24) is 15.2 Å². The zero-order valence-corrected chi connectivity index (χ0v) is 11.1. The number of aromatic amines is 1. The highest BCUT2D eigenvalue weighted by atomic mass is 32.2. The first-order valence-electron chi connectivity index (χ1n) is 5.77. The Morgan fingerprint density at radius 2 is 2.05 bits per heavy atom. The summed E-state index contributed by atoms with van der Waals surface area (Å²) in [6.07, 6.45) is 1.63. The molecule has 3 aromatic rings. The highest BCUT2D eigenvalue weighted by molar-refractivity contribution is 7.99. The van der Waals surface area contributed by atoms with E-state index >= 15 is 0 Å². The summed E-state index contributed by atoms with van der Waals surface area (Å²) in [5, 5.41) is 11.6. The summed E-state index contributed by atoms with van der Waals surface area (Å²) in [6.45, 7) is 2.05. The van der Waals surface area contributed by atoms with Gasteiger partial charge in [0.1, 0.15) is 0 Å². The van der Waals surface area contributed by atoms with E-state index in [0.29, 0.717) is 11.1 Å². The van der Waals surface area contributed by atoms with E-state index in [9.17, 15) is 0 Å². The number of nitrogens with one attached hydrogen (secondary N) is 2. The Hall–Kier alpha value is -2.21. The van der Waals surface area contributed by atoms with Gasteiger partial charge >= 0.3 is 0 Å². The summed E-state index contributed by atoms with van der Waals surface area (Å²) in [5.74, 6) is 0.540. The molecule has 0 bridgehead atoms. The van der Waals surface area contributed by atoms with Crippen molar-refractivity contribution in [3.63, 3.8) is 0 Å². The minimum atomic E-state index is 0.540. The maximum Gasteiger partial charge on any atom is 0.247 e. The molecule has 0 aliphatic heterocycles. The molecule has 19 heavy (non-hydrogen) atoms. The van der Waals surface area contributed by atoms with Gasteiger partial charge in [-0.1, -0.05) is 17.7 Å². The smallest absolute Gasteiger partial charge is 0.247 e. The van der Waals surface area contributed by atoms with Crippen LogP contribution in [0.1, 0.15) is 5.56 Å². The van der Waals surface area contributed by atoms with Gasteiger partial charge in [0.05, 0.1) is 6.26 Å². The molecule has 2 heterocycles. The number of benzene rings is 1. The molecule has 2 aromatic heterocycles. The van der Waals surface area contributed by atoms with Crippen molar-refractivity contribution in [3.8, 4) is 0 Å². The van der Waals surface area contributed by atoms with Crippen LogP contribution in [0.25, 0.3) is 0 Å². The third-order valence-corrected chi connectivity index (χ3v) is 3.27. The largest absolute Gasteiger partial charge is 0.458 e. The van der Waals surface area contributed by atoms with E-state index in [1.807, 2.05) is 36.4 Å². The van der Waals surface area contributed by atoms with Gasteiger partial charge in [-0.3, -0.25) is 5.10 Å². The van der Waals surface area contributed by atoms with Gasteiger partial charge in [-0.05, 0) is 43.0 Å². The maximum atomic E-state index is 5.23. The van der Waals surface area contributed by atoms with Gasteiger partial charge in [-0.15, -0.1) is 5.10 Å². The van der Waals surface area contributed by atoms with Crippen LogP contribution in [-0.4, -0.2) is 15.2 Å². The molecular weight excluding hydrogens is 260 g/mol. The topological polar surface area (TPSA) is 66.7 Å². The highest BCUT2D eigenvalue weighted by Gasteiger charge is 2.06. The molecule has 0 unspecified atom stereocenters. The third kappa shape index (κ3) is 2.97. The molecule has 0 spiro atoms. The van der Waals surface area contributed by atoms with Crippen molar-refractivity contribution >= 4 is 23.4 Å². The number of furan rings is 1. The Balaban J connectivity index is 1.69. The van der Waals surface area contributed by atoms with Crippen molar-refractivity contribution < 1.29 is 4.42 Å². The lowest BCUT2D eigenvalue weighted by Crippen LogP contribution is -1.92. The predicted octanol–water partition coefficient (Wildman–Crippen LogP) is 3.60. The Morgan fingerprint density at radius 1 is 1.21 bits per heavy atom. The summed E-state index contributed by atoms with van der Waals surface area (Å²) in [7, 11) is 0. The van der Waals surface area contributed by atoms with Crippen LogP contribution in [-0.2, 0) is 0 Å². The summed E-state index contributed by atoms with van der Waals surface area (Å²) in [6, 6.07) is 11.8. The minimum Gasteiger partial charge on any atom is -0.458 e. The molecule has 0 atom stereocenters. The van der Waals surface area contributed by atoms with Crippen molar-refractivity contribution in [2.75, 3.05) is 5.32 Å². The van der Waals surface area contributed by atoms with Crippen LogP contribution < -0.4 is 5.32 Å². The van der Waals surface area contributed by atoms with Crippen LogP contribution >= 0.6 is 11.8 Å². The van der Waals surface area contributed by atoms with Crippen LogP contribution in [0.4, 0.5) is 11.6 Å². The fourth-order valence-corrected chi connectivity index (χ4v) is 2.20. The second kappa shape index (κ2) is 5.19. The van der Waals surface area contributed by atoms with Crippen molar-refractivity contribution in [1.29, 1.82) is 0 Å². The van der Waals surface area contributed by atoms with Gasteiger partial charge in [0, 0.05) is 5.69 Å². The Kier molecular flexibility index (Phi) is 3.24. The van der Waals surface area contributed by atoms with Crippen LogP contribution in [0.5, 0.6) is 0 Å². The average Bonchev–Trinajstić information content (AvgIpc) is 3.05. The minimum absolute atomic E-state index is 0.540. The van der Waals surface area contributed by atoms with Gasteiger partial charge in [0.15, 0.2) is 10.2 Å². The molecule has 0 amide bonds. The lowest BCUT2D eigenvalue weighted by Gasteiger charge is -2.00. The van der Waals surface area contributed by atoms with Crippen molar-refractivity contribution in [2.24, 2.45) is 0 Å². The number of hydrogen-bond acceptors (Lipinski definition) is 5. The van der Waals surface area contributed by atoms with Gasteiger partial charge in [-0.25, -0.2) is 0 Å². The number of anilines is 2. The number of rotatable bonds is 4. The van der Waals surface area contributed by atoms with E-state index in [-0.39, 0.29) is 0 Å². The molecule has 1 aromatic carbocycles. The highest BCUT2D eigenvalue weighted by Crippen LogP contribution is 2.25. The molecule has 2 N–H and O–H groups in total. The average molecular weight is 272 g/mol. The predicted molar refractivity (Wildman–Crippen MR) is 73.7 cm³/mol. The normalized spacial score (nSPS) is 10.6. The van der Waals surface area contributed by atoms with E-state index in [2.05, 4.69) is 27.4 Å². The standard InChI is InChI=1S/C13H12N4OS/c1-9-4-6-10(7-5-9)14-12-15-13(17-16-12)19-11-3-2-8-18-11/h2-8H,1H3,(H2,14,15,16,17). The summed E-state index contributed by atoms with van der Waals surface area (Å²) < 4.78 is 5.23. The van der Waals surface area contributed by atoms with Gasteiger partial charge in [-0.2, -0.15) is 4.98 Å². The van der Waals surface area contributed by atoms with Crippen molar-refractivity contribution in [3.05, 3.63) is 48.2 Å². The molecule has 6 heteroatoms. The number of H-pyrrole nitrogens is 1. The van der Waals surface area contributed by atoms with Crippen LogP contribution in [0.2, 0.25) is 0 Å². The summed E-state index contributed by atoms with van der Waals surface area (Å²) in [5.41, 5.74) is 2.17. The number of aromatic nitrogens is 3. The maximum absolute atomic E-state index is 5.23. The van der Waals surface area contributed by atoms with Gasteiger partial charge in [0.2, 0.25) is 5.95 Å². The quantitative estimate of drug-likeness (QED) is 0.759. The first-order valence-corrected chi connectivity index (χ1v) is 6.59. The molecule has 0 saturated carbocycles. The summed E-state index contributed by atoms with van der Waals surface area (Å²) in [4.78, 5) is 4.33. The van der Waals surface area contributed by atoms with E-state index in [1.165, 1.54) is 17.3 Å². The molecule has 0 fully saturated rings. The number of hydrogen-bond donors (Lipinski definition) is 2.